The van der Waals surface area contributed by atoms with Crippen molar-refractivity contribution in [1.82, 2.24) is 0 Å². The summed E-state index contributed by atoms with van der Waals surface area (Å²) in [7, 11) is 0. The van der Waals surface area contributed by atoms with Crippen molar-refractivity contribution in [1.29, 1.82) is 0 Å². The summed E-state index contributed by atoms with van der Waals surface area (Å²) in [5.74, 6) is -2.53. The van der Waals surface area contributed by atoms with Crippen molar-refractivity contribution in [3.63, 3.8) is 0 Å². The van der Waals surface area contributed by atoms with Gasteiger partial charge in [0.1, 0.15) is 22.5 Å². The van der Waals surface area contributed by atoms with Crippen molar-refractivity contribution in [2.75, 3.05) is 11.7 Å². The van der Waals surface area contributed by atoms with Gasteiger partial charge in [-0.05, 0) is 12.1 Å². The van der Waals surface area contributed by atoms with Crippen LogP contribution in [0.4, 0.5) is 18.9 Å². The first-order valence-electron chi connectivity index (χ1n) is 6.05. The number of ether oxygens (including phenoxy) is 1. The van der Waals surface area contributed by atoms with Gasteiger partial charge in [-0.15, -0.1) is 5.10 Å². The summed E-state index contributed by atoms with van der Waals surface area (Å²) in [5.41, 5.74) is 0.0726. The van der Waals surface area contributed by atoms with E-state index in [4.69, 9.17) is 27.9 Å². The standard InChI is InChI=1S/C14H7Cl2F3N2O/c15-8-2-1-3-9(17)12(8)14-20-21(6-22-14)7-4-10(18)13(16)11(19)5-7/h1-5H,6H2. The Kier molecular flexibility index (Phi) is 3.88. The SMILES string of the molecule is Fc1cc(N2COC(c3c(F)cccc3Cl)=N2)cc(F)c1Cl. The van der Waals surface area contributed by atoms with Crippen LogP contribution in [-0.4, -0.2) is 12.6 Å². The van der Waals surface area contributed by atoms with Crippen LogP contribution in [0.5, 0.6) is 0 Å². The minimum absolute atomic E-state index is 0.0124. The van der Waals surface area contributed by atoms with E-state index >= 15 is 0 Å². The highest BCUT2D eigenvalue weighted by Crippen LogP contribution is 2.29. The first-order valence-corrected chi connectivity index (χ1v) is 6.81. The lowest BCUT2D eigenvalue weighted by Crippen LogP contribution is -2.13. The molecule has 2 aromatic rings. The minimum atomic E-state index is -0.927. The first-order chi connectivity index (χ1) is 10.5. The van der Waals surface area contributed by atoms with Crippen LogP contribution in [0.15, 0.2) is 35.4 Å². The highest BCUT2D eigenvalue weighted by molar-refractivity contribution is 6.34. The molecule has 0 N–H and O–H groups in total. The quantitative estimate of drug-likeness (QED) is 0.744. The van der Waals surface area contributed by atoms with E-state index in [1.54, 1.807) is 0 Å². The molecule has 1 aliphatic rings. The fourth-order valence-electron chi connectivity index (χ4n) is 1.94. The predicted molar refractivity (Wildman–Crippen MR) is 77.7 cm³/mol. The third-order valence-corrected chi connectivity index (χ3v) is 3.65. The Balaban J connectivity index is 1.98. The molecule has 0 amide bonds. The third kappa shape index (κ3) is 2.60. The molecule has 0 fully saturated rings. The van der Waals surface area contributed by atoms with Gasteiger partial charge < -0.3 is 4.74 Å². The van der Waals surface area contributed by atoms with E-state index in [0.29, 0.717) is 0 Å². The maximum absolute atomic E-state index is 13.8. The van der Waals surface area contributed by atoms with Crippen molar-refractivity contribution in [2.24, 2.45) is 5.10 Å². The molecule has 3 rings (SSSR count). The number of hydrazone groups is 1. The van der Waals surface area contributed by atoms with E-state index < -0.39 is 22.5 Å². The fourth-order valence-corrected chi connectivity index (χ4v) is 2.29. The largest absolute Gasteiger partial charge is 0.453 e. The number of halogens is 5. The second kappa shape index (κ2) is 5.70. The van der Waals surface area contributed by atoms with Gasteiger partial charge in [-0.3, -0.25) is 0 Å². The van der Waals surface area contributed by atoms with Crippen molar-refractivity contribution in [3.8, 4) is 0 Å². The Morgan fingerprint density at radius 2 is 1.73 bits per heavy atom. The minimum Gasteiger partial charge on any atom is -0.453 e. The molecule has 0 aromatic heterocycles. The third-order valence-electron chi connectivity index (χ3n) is 2.98. The zero-order valence-electron chi connectivity index (χ0n) is 10.8. The van der Waals surface area contributed by atoms with Gasteiger partial charge in [-0.1, -0.05) is 29.3 Å². The molecule has 2 aromatic carbocycles. The van der Waals surface area contributed by atoms with Gasteiger partial charge in [0.2, 0.25) is 5.90 Å². The van der Waals surface area contributed by atoms with E-state index in [9.17, 15) is 13.2 Å². The van der Waals surface area contributed by atoms with E-state index in [1.165, 1.54) is 23.2 Å². The molecule has 3 nitrogen and oxygen atoms in total. The van der Waals surface area contributed by atoms with Crippen LogP contribution in [0.1, 0.15) is 5.56 Å². The van der Waals surface area contributed by atoms with Gasteiger partial charge in [-0.25, -0.2) is 18.2 Å². The lowest BCUT2D eigenvalue weighted by Gasteiger charge is -2.11. The molecule has 8 heteroatoms. The second-order valence-electron chi connectivity index (χ2n) is 4.40. The highest BCUT2D eigenvalue weighted by Gasteiger charge is 2.24. The van der Waals surface area contributed by atoms with E-state index in [2.05, 4.69) is 5.10 Å². The van der Waals surface area contributed by atoms with E-state index in [-0.39, 0.29) is 28.9 Å². The Morgan fingerprint density at radius 3 is 2.36 bits per heavy atom. The van der Waals surface area contributed by atoms with Gasteiger partial charge in [0.15, 0.2) is 6.73 Å². The van der Waals surface area contributed by atoms with Gasteiger partial charge in [0.25, 0.3) is 0 Å². The van der Waals surface area contributed by atoms with E-state index in [0.717, 1.165) is 12.1 Å². The molecule has 1 heterocycles. The summed E-state index contributed by atoms with van der Waals surface area (Å²) in [4.78, 5) is 0. The van der Waals surface area contributed by atoms with Crippen LogP contribution in [0, 0.1) is 17.5 Å². The fraction of sp³-hybridized carbons (Fsp3) is 0.0714. The molecule has 0 saturated heterocycles. The Hall–Kier alpha value is -1.92. The molecular formula is C14H7Cl2F3N2O. The molecule has 0 unspecified atom stereocenters. The lowest BCUT2D eigenvalue weighted by atomic mass is 10.2. The summed E-state index contributed by atoms with van der Waals surface area (Å²) in [6.07, 6.45) is 0. The summed E-state index contributed by atoms with van der Waals surface area (Å²) in [6.45, 7) is -0.138. The van der Waals surface area contributed by atoms with Crippen molar-refractivity contribution in [3.05, 3.63) is 63.4 Å². The topological polar surface area (TPSA) is 24.8 Å². The summed E-state index contributed by atoms with van der Waals surface area (Å²) < 4.78 is 46.0. The molecule has 0 radical (unpaired) electrons. The number of hydrogen-bond donors (Lipinski definition) is 0. The van der Waals surface area contributed by atoms with Crippen LogP contribution >= 0.6 is 23.2 Å². The molecule has 0 saturated carbocycles. The maximum Gasteiger partial charge on any atom is 0.245 e. The van der Waals surface area contributed by atoms with Gasteiger partial charge in [0, 0.05) is 12.1 Å². The molecule has 22 heavy (non-hydrogen) atoms. The molecule has 1 aliphatic heterocycles. The van der Waals surface area contributed by atoms with Crippen LogP contribution in [0.3, 0.4) is 0 Å². The normalized spacial score (nSPS) is 14.0. The monoisotopic (exact) mass is 346 g/mol. The Bertz CT molecular complexity index is 739. The summed E-state index contributed by atoms with van der Waals surface area (Å²) >= 11 is 11.3. The first kappa shape index (κ1) is 15.0. The van der Waals surface area contributed by atoms with Crippen LogP contribution < -0.4 is 5.01 Å². The Morgan fingerprint density at radius 1 is 1.05 bits per heavy atom. The van der Waals surface area contributed by atoms with Crippen LogP contribution in [-0.2, 0) is 4.74 Å². The summed E-state index contributed by atoms with van der Waals surface area (Å²) in [6, 6.07) is 6.14. The average Bonchev–Trinajstić information content (AvgIpc) is 2.93. The zero-order chi connectivity index (χ0) is 15.9. The Labute approximate surface area is 133 Å². The predicted octanol–water partition coefficient (Wildman–Crippen LogP) is 4.57. The zero-order valence-corrected chi connectivity index (χ0v) is 12.3. The van der Waals surface area contributed by atoms with Crippen molar-refractivity contribution in [2.45, 2.75) is 0 Å². The molecule has 0 atom stereocenters. The number of benzene rings is 2. The molecule has 0 aliphatic carbocycles. The van der Waals surface area contributed by atoms with Gasteiger partial charge in [0.05, 0.1) is 16.3 Å². The van der Waals surface area contributed by atoms with Crippen molar-refractivity contribution < 1.29 is 17.9 Å². The summed E-state index contributed by atoms with van der Waals surface area (Å²) in [5, 5.41) is 4.67. The van der Waals surface area contributed by atoms with Crippen molar-refractivity contribution >= 4 is 34.8 Å². The highest BCUT2D eigenvalue weighted by atomic mass is 35.5. The van der Waals surface area contributed by atoms with Gasteiger partial charge >= 0.3 is 0 Å². The molecule has 0 spiro atoms. The van der Waals surface area contributed by atoms with Crippen LogP contribution in [0.25, 0.3) is 0 Å². The maximum atomic E-state index is 13.8. The van der Waals surface area contributed by atoms with Gasteiger partial charge in [-0.2, -0.15) is 0 Å². The number of nitrogens with zero attached hydrogens (tertiary/aromatic N) is 2. The van der Waals surface area contributed by atoms with Crippen LogP contribution in [0.2, 0.25) is 10.0 Å². The number of rotatable bonds is 2. The average molecular weight is 347 g/mol. The second-order valence-corrected chi connectivity index (χ2v) is 5.18. The number of hydrogen-bond acceptors (Lipinski definition) is 3. The number of anilines is 1. The van der Waals surface area contributed by atoms with E-state index in [1.807, 2.05) is 0 Å². The smallest absolute Gasteiger partial charge is 0.245 e. The lowest BCUT2D eigenvalue weighted by molar-refractivity contribution is 0.336. The molecule has 114 valence electrons. The molecular weight excluding hydrogens is 340 g/mol. The molecule has 0 bridgehead atoms.